The predicted molar refractivity (Wildman–Crippen MR) is 215 cm³/mol. The Morgan fingerprint density at radius 2 is 0.700 bits per heavy atom. The van der Waals surface area contributed by atoms with E-state index in [1.54, 1.807) is 0 Å². The molecule has 50 heavy (non-hydrogen) atoms. The smallest absolute Gasteiger partial charge is 0.323 e. The zero-order valence-corrected chi connectivity index (χ0v) is 33.9. The number of ether oxygens (including phenoxy) is 2. The molecule has 294 valence electrons. The van der Waals surface area contributed by atoms with Crippen LogP contribution in [0.5, 0.6) is 12.0 Å². The minimum atomic E-state index is -0.272. The normalized spacial score (nSPS) is 12.3. The summed E-state index contributed by atoms with van der Waals surface area (Å²) < 4.78 is 13.4. The molecular formula is C43H85N5O2. The monoisotopic (exact) mass is 704 g/mol. The van der Waals surface area contributed by atoms with Crippen LogP contribution in [-0.4, -0.2) is 33.7 Å². The molecule has 0 amide bonds. The average Bonchev–Trinajstić information content (AvgIpc) is 3.12. The largest absolute Gasteiger partial charge is 0.460 e. The maximum Gasteiger partial charge on any atom is 0.323 e. The minimum absolute atomic E-state index is 0.110. The highest BCUT2D eigenvalue weighted by molar-refractivity contribution is 5.09. The van der Waals surface area contributed by atoms with Crippen molar-refractivity contribution in [1.82, 2.24) is 15.0 Å². The van der Waals surface area contributed by atoms with Crippen molar-refractivity contribution in [3.05, 3.63) is 5.82 Å². The summed E-state index contributed by atoms with van der Waals surface area (Å²) >= 11 is 0. The van der Waals surface area contributed by atoms with Crippen molar-refractivity contribution in [3.63, 3.8) is 0 Å². The molecule has 0 fully saturated rings. The number of aromatic nitrogens is 3. The van der Waals surface area contributed by atoms with Gasteiger partial charge in [-0.05, 0) is 70.8 Å². The van der Waals surface area contributed by atoms with Crippen LogP contribution in [0.3, 0.4) is 0 Å². The standard InChI is InChI=1S/C43H85N5O2/c1-5-9-13-17-21-26-32-38(33-27-22-18-14-10-6-2)49-42-46-41(40(45)36-30-25-31-37-44)47-43(48-42)50-39(34-28-23-19-15-11-7-3)35-29-24-20-16-12-8-4/h38-40H,5-37,44-45H2,1-4H3. The van der Waals surface area contributed by atoms with Crippen molar-refractivity contribution in [1.29, 1.82) is 0 Å². The topological polar surface area (TPSA) is 109 Å². The molecule has 0 saturated heterocycles. The number of hydrogen-bond acceptors (Lipinski definition) is 7. The quantitative estimate of drug-likeness (QED) is 0.0660. The van der Waals surface area contributed by atoms with Crippen molar-refractivity contribution >= 4 is 0 Å². The first kappa shape index (κ1) is 46.6. The van der Waals surface area contributed by atoms with Gasteiger partial charge in [0.25, 0.3) is 0 Å². The summed E-state index contributed by atoms with van der Waals surface area (Å²) in [6.45, 7) is 9.84. The maximum absolute atomic E-state index is 6.73. The Kier molecular flexibility index (Phi) is 32.2. The predicted octanol–water partition coefficient (Wildman–Crippen LogP) is 12.9. The van der Waals surface area contributed by atoms with Crippen molar-refractivity contribution in [3.8, 4) is 12.0 Å². The van der Waals surface area contributed by atoms with Gasteiger partial charge in [0, 0.05) is 0 Å². The van der Waals surface area contributed by atoms with Gasteiger partial charge in [-0.2, -0.15) is 9.97 Å². The number of rotatable bonds is 38. The molecule has 1 unspecified atom stereocenters. The molecule has 0 aliphatic rings. The molecule has 0 aromatic carbocycles. The summed E-state index contributed by atoms with van der Waals surface area (Å²) in [5.74, 6) is 0.605. The molecular weight excluding hydrogens is 619 g/mol. The van der Waals surface area contributed by atoms with Crippen LogP contribution >= 0.6 is 0 Å². The highest BCUT2D eigenvalue weighted by atomic mass is 16.5. The average molecular weight is 704 g/mol. The first-order valence-corrected chi connectivity index (χ1v) is 22.1. The number of hydrogen-bond donors (Lipinski definition) is 2. The third-order valence-electron chi connectivity index (χ3n) is 10.2. The molecule has 7 heteroatoms. The van der Waals surface area contributed by atoms with Crippen LogP contribution in [0.1, 0.15) is 245 Å². The van der Waals surface area contributed by atoms with Gasteiger partial charge in [0.2, 0.25) is 0 Å². The molecule has 1 aromatic rings. The van der Waals surface area contributed by atoms with Gasteiger partial charge in [-0.1, -0.05) is 169 Å². The van der Waals surface area contributed by atoms with Crippen LogP contribution in [0.4, 0.5) is 0 Å². The number of nitrogens with two attached hydrogens (primary N) is 2. The van der Waals surface area contributed by atoms with Gasteiger partial charge in [-0.3, -0.25) is 0 Å². The van der Waals surface area contributed by atoms with Gasteiger partial charge < -0.3 is 20.9 Å². The third kappa shape index (κ3) is 26.3. The molecule has 1 heterocycles. The van der Waals surface area contributed by atoms with E-state index in [2.05, 4.69) is 27.7 Å². The molecule has 0 aliphatic carbocycles. The van der Waals surface area contributed by atoms with E-state index in [4.69, 9.17) is 35.9 Å². The Balaban J connectivity index is 3.12. The van der Waals surface area contributed by atoms with Crippen molar-refractivity contribution < 1.29 is 9.47 Å². The SMILES string of the molecule is CCCCCCCCC(CCCCCCCC)Oc1nc(OC(CCCCCCCC)CCCCCCCC)nc(C(N)CCCCCN)n1. The second kappa shape index (κ2) is 34.6. The van der Waals surface area contributed by atoms with Gasteiger partial charge in [0.1, 0.15) is 12.2 Å². The second-order valence-electron chi connectivity index (χ2n) is 15.2. The molecule has 0 radical (unpaired) electrons. The molecule has 1 aromatic heterocycles. The fourth-order valence-corrected chi connectivity index (χ4v) is 6.87. The van der Waals surface area contributed by atoms with Crippen LogP contribution in [-0.2, 0) is 0 Å². The minimum Gasteiger partial charge on any atom is -0.460 e. The fourth-order valence-electron chi connectivity index (χ4n) is 6.87. The Morgan fingerprint density at radius 3 is 1.04 bits per heavy atom. The van der Waals surface area contributed by atoms with E-state index < -0.39 is 0 Å². The third-order valence-corrected chi connectivity index (χ3v) is 10.2. The van der Waals surface area contributed by atoms with Gasteiger partial charge in [-0.15, -0.1) is 4.98 Å². The Bertz CT molecular complexity index is 768. The van der Waals surface area contributed by atoms with Crippen molar-refractivity contribution in [2.24, 2.45) is 11.5 Å². The Labute approximate surface area is 311 Å². The van der Waals surface area contributed by atoms with Crippen molar-refractivity contribution in [2.45, 2.75) is 251 Å². The molecule has 7 nitrogen and oxygen atoms in total. The van der Waals surface area contributed by atoms with Gasteiger partial charge >= 0.3 is 12.0 Å². The number of unbranched alkanes of at least 4 members (excludes halogenated alkanes) is 22. The number of nitrogens with zero attached hydrogens (tertiary/aromatic N) is 3. The van der Waals surface area contributed by atoms with Crippen molar-refractivity contribution in [2.75, 3.05) is 6.54 Å². The lowest BCUT2D eigenvalue weighted by molar-refractivity contribution is 0.137. The Hall–Kier alpha value is -1.47. The molecule has 0 spiro atoms. The molecule has 1 atom stereocenters. The van der Waals surface area contributed by atoms with E-state index in [-0.39, 0.29) is 18.2 Å². The lowest BCUT2D eigenvalue weighted by Crippen LogP contribution is -2.23. The van der Waals surface area contributed by atoms with Crippen LogP contribution in [0.2, 0.25) is 0 Å². The Morgan fingerprint density at radius 1 is 0.400 bits per heavy atom. The zero-order chi connectivity index (χ0) is 36.3. The summed E-state index contributed by atoms with van der Waals surface area (Å²) in [5, 5.41) is 0. The summed E-state index contributed by atoms with van der Waals surface area (Å²) in [4.78, 5) is 14.5. The van der Waals surface area contributed by atoms with E-state index in [1.807, 2.05) is 0 Å². The van der Waals surface area contributed by atoms with E-state index in [9.17, 15) is 0 Å². The molecule has 0 bridgehead atoms. The van der Waals surface area contributed by atoms with E-state index in [0.717, 1.165) is 51.4 Å². The first-order chi connectivity index (χ1) is 24.6. The second-order valence-corrected chi connectivity index (χ2v) is 15.2. The first-order valence-electron chi connectivity index (χ1n) is 22.1. The zero-order valence-electron chi connectivity index (χ0n) is 33.9. The van der Waals surface area contributed by atoms with E-state index in [1.165, 1.54) is 154 Å². The van der Waals surface area contributed by atoms with E-state index >= 15 is 0 Å². The fraction of sp³-hybridized carbons (Fsp3) is 0.930. The van der Waals surface area contributed by atoms with Gasteiger partial charge in [-0.25, -0.2) is 0 Å². The summed E-state index contributed by atoms with van der Waals surface area (Å²) in [5.41, 5.74) is 12.5. The highest BCUT2D eigenvalue weighted by Crippen LogP contribution is 2.25. The molecule has 0 saturated carbocycles. The lowest BCUT2D eigenvalue weighted by atomic mass is 10.0. The van der Waals surface area contributed by atoms with E-state index in [0.29, 0.717) is 24.4 Å². The molecule has 1 rings (SSSR count). The summed E-state index contributed by atoms with van der Waals surface area (Å²) in [7, 11) is 0. The maximum atomic E-state index is 6.73. The van der Waals surface area contributed by atoms with Crippen LogP contribution < -0.4 is 20.9 Å². The molecule has 0 aliphatic heterocycles. The van der Waals surface area contributed by atoms with Gasteiger partial charge in [0.05, 0.1) is 6.04 Å². The van der Waals surface area contributed by atoms with Crippen LogP contribution in [0.15, 0.2) is 0 Å². The molecule has 4 N–H and O–H groups in total. The summed E-state index contributed by atoms with van der Waals surface area (Å²) in [6.07, 6.45) is 39.1. The van der Waals surface area contributed by atoms with Gasteiger partial charge in [0.15, 0.2) is 5.82 Å². The summed E-state index contributed by atoms with van der Waals surface area (Å²) in [6, 6.07) is 0.538. The highest BCUT2D eigenvalue weighted by Gasteiger charge is 2.21. The lowest BCUT2D eigenvalue weighted by Gasteiger charge is -2.21. The van der Waals surface area contributed by atoms with Crippen LogP contribution in [0, 0.1) is 0 Å². The van der Waals surface area contributed by atoms with Crippen LogP contribution in [0.25, 0.3) is 0 Å².